The Morgan fingerprint density at radius 2 is 1.57 bits per heavy atom. The van der Waals surface area contributed by atoms with Gasteiger partial charge in [-0.2, -0.15) is 0 Å². The van der Waals surface area contributed by atoms with E-state index < -0.39 is 10.0 Å². The van der Waals surface area contributed by atoms with E-state index in [1.807, 2.05) is 11.2 Å². The Labute approximate surface area is 244 Å². The summed E-state index contributed by atoms with van der Waals surface area (Å²) in [4.78, 5) is 14.0. The Morgan fingerprint density at radius 1 is 0.875 bits per heavy atom. The molecule has 0 aromatic rings. The van der Waals surface area contributed by atoms with E-state index in [1.165, 1.54) is 51.9 Å². The molecule has 2 N–H and O–H groups in total. The summed E-state index contributed by atoms with van der Waals surface area (Å²) >= 11 is 0. The fourth-order valence-electron chi connectivity index (χ4n) is 10.0. The SMILES string of the molecule is CC(=O)NC1CCC(S(=O)(=O)N2CCCCN3C(C2)[C@H](C2CCC(C4CCCC(C)C4C)CC2)[C@H]3CO)C(C)C1. The minimum absolute atomic E-state index is 0.0275. The van der Waals surface area contributed by atoms with Gasteiger partial charge in [0, 0.05) is 38.1 Å². The average Bonchev–Trinajstić information content (AvgIpc) is 2.89. The Bertz CT molecular complexity index is 967. The molecule has 5 rings (SSSR count). The second kappa shape index (κ2) is 12.9. The number of carbonyl (C=O) groups excluding carboxylic acids is 1. The van der Waals surface area contributed by atoms with Crippen LogP contribution in [0.1, 0.15) is 105 Å². The van der Waals surface area contributed by atoms with Gasteiger partial charge in [0.25, 0.3) is 0 Å². The van der Waals surface area contributed by atoms with Crippen LogP contribution in [0.5, 0.6) is 0 Å². The monoisotopic (exact) mass is 579 g/mol. The van der Waals surface area contributed by atoms with Crippen molar-refractivity contribution in [1.82, 2.24) is 14.5 Å². The molecule has 3 aliphatic carbocycles. The van der Waals surface area contributed by atoms with Crippen molar-refractivity contribution in [2.75, 3.05) is 26.2 Å². The first kappa shape index (κ1) is 30.7. The van der Waals surface area contributed by atoms with Crippen molar-refractivity contribution in [2.24, 2.45) is 41.4 Å². The number of aliphatic hydroxyl groups excluding tert-OH is 1. The number of carbonyl (C=O) groups is 1. The van der Waals surface area contributed by atoms with Gasteiger partial charge in [-0.1, -0.05) is 33.6 Å². The number of sulfonamides is 1. The second-order valence-corrected chi connectivity index (χ2v) is 16.7. The molecule has 0 aromatic carbocycles. The van der Waals surface area contributed by atoms with Crippen molar-refractivity contribution in [3.8, 4) is 0 Å². The van der Waals surface area contributed by atoms with Crippen LogP contribution in [-0.2, 0) is 14.8 Å². The summed E-state index contributed by atoms with van der Waals surface area (Å²) in [6.07, 6.45) is 13.2. The van der Waals surface area contributed by atoms with E-state index in [2.05, 4.69) is 24.1 Å². The summed E-state index contributed by atoms with van der Waals surface area (Å²) in [6, 6.07) is 0.501. The van der Waals surface area contributed by atoms with Crippen molar-refractivity contribution < 1.29 is 18.3 Å². The van der Waals surface area contributed by atoms with Crippen LogP contribution in [0.4, 0.5) is 0 Å². The molecule has 7 nitrogen and oxygen atoms in total. The van der Waals surface area contributed by atoms with Crippen molar-refractivity contribution in [3.63, 3.8) is 0 Å². The van der Waals surface area contributed by atoms with Crippen molar-refractivity contribution in [1.29, 1.82) is 0 Å². The predicted molar refractivity (Wildman–Crippen MR) is 160 cm³/mol. The minimum Gasteiger partial charge on any atom is -0.395 e. The molecule has 1 amide bonds. The molecule has 2 aliphatic heterocycles. The Morgan fingerprint density at radius 3 is 2.25 bits per heavy atom. The van der Waals surface area contributed by atoms with E-state index >= 15 is 0 Å². The highest BCUT2D eigenvalue weighted by Gasteiger charge is 2.54. The zero-order chi connectivity index (χ0) is 28.6. The van der Waals surface area contributed by atoms with Crippen molar-refractivity contribution in [2.45, 2.75) is 128 Å². The number of aliphatic hydroxyl groups is 1. The molecule has 5 fully saturated rings. The lowest BCUT2D eigenvalue weighted by Crippen LogP contribution is -2.71. The van der Waals surface area contributed by atoms with Gasteiger partial charge in [-0.05, 0) is 112 Å². The molecule has 0 aromatic heterocycles. The molecule has 5 aliphatic rings. The summed E-state index contributed by atoms with van der Waals surface area (Å²) < 4.78 is 30.1. The van der Waals surface area contributed by atoms with E-state index in [0.717, 1.165) is 55.9 Å². The van der Waals surface area contributed by atoms with E-state index in [4.69, 9.17) is 0 Å². The highest BCUT2D eigenvalue weighted by molar-refractivity contribution is 7.89. The van der Waals surface area contributed by atoms with Gasteiger partial charge in [0.05, 0.1) is 11.9 Å². The molecule has 0 spiro atoms. The fraction of sp³-hybridized carbons (Fsp3) is 0.969. The summed E-state index contributed by atoms with van der Waals surface area (Å²) in [7, 11) is -3.43. The lowest BCUT2D eigenvalue weighted by Gasteiger charge is -2.60. The van der Waals surface area contributed by atoms with Gasteiger partial charge in [0.2, 0.25) is 15.9 Å². The third-order valence-electron chi connectivity index (χ3n) is 12.4. The summed E-state index contributed by atoms with van der Waals surface area (Å²) in [5, 5.41) is 13.1. The van der Waals surface area contributed by atoms with E-state index in [0.29, 0.717) is 31.3 Å². The van der Waals surface area contributed by atoms with Crippen LogP contribution in [0.25, 0.3) is 0 Å². The minimum atomic E-state index is -3.43. The maximum atomic E-state index is 14.1. The molecule has 230 valence electrons. The molecule has 2 saturated heterocycles. The third kappa shape index (κ3) is 6.16. The number of hydrogen-bond acceptors (Lipinski definition) is 5. The van der Waals surface area contributed by atoms with Crippen LogP contribution >= 0.6 is 0 Å². The largest absolute Gasteiger partial charge is 0.395 e. The number of amides is 1. The third-order valence-corrected chi connectivity index (χ3v) is 14.9. The molecule has 8 heteroatoms. The molecular weight excluding hydrogens is 522 g/mol. The normalized spacial score (nSPS) is 44.1. The smallest absolute Gasteiger partial charge is 0.217 e. The van der Waals surface area contributed by atoms with E-state index in [-0.39, 0.29) is 41.8 Å². The standard InChI is InChI=1S/C32H57N3O4S/c1-21-8-7-9-28(23(21)3)25-10-12-26(13-11-25)32-29-19-34(16-5-6-17-35(29)30(32)20-36)40(38,39)31-15-14-27(18-22(31)2)33-24(4)37/h21-23,25-32,36H,5-20H2,1-4H3,(H,33,37)/t21?,22?,23?,25?,26?,27?,28?,29?,30-,31?,32+/m1/s1. The highest BCUT2D eigenvalue weighted by Crippen LogP contribution is 2.50. The second-order valence-electron chi connectivity index (χ2n) is 14.6. The first-order chi connectivity index (χ1) is 19.1. The number of nitrogens with one attached hydrogen (secondary N) is 1. The van der Waals surface area contributed by atoms with Crippen LogP contribution in [-0.4, -0.2) is 78.3 Å². The van der Waals surface area contributed by atoms with Crippen molar-refractivity contribution in [3.05, 3.63) is 0 Å². The Kier molecular flexibility index (Phi) is 9.91. The average molecular weight is 580 g/mol. The first-order valence-corrected chi connectivity index (χ1v) is 18.2. The molecule has 2 heterocycles. The summed E-state index contributed by atoms with van der Waals surface area (Å²) in [5.74, 6) is 4.40. The van der Waals surface area contributed by atoms with Crippen molar-refractivity contribution >= 4 is 15.9 Å². The quantitative estimate of drug-likeness (QED) is 0.478. The molecule has 0 bridgehead atoms. The summed E-state index contributed by atoms with van der Waals surface area (Å²) in [6.45, 7) is 10.9. The van der Waals surface area contributed by atoms with Crippen LogP contribution in [0, 0.1) is 41.4 Å². The fourth-order valence-corrected chi connectivity index (χ4v) is 12.3. The lowest BCUT2D eigenvalue weighted by molar-refractivity contribution is -0.123. The topological polar surface area (TPSA) is 90.0 Å². The van der Waals surface area contributed by atoms with E-state index in [1.54, 1.807) is 0 Å². The zero-order valence-electron chi connectivity index (χ0n) is 25.6. The Balaban J connectivity index is 1.25. The first-order valence-electron chi connectivity index (χ1n) is 16.7. The number of hydrogen-bond donors (Lipinski definition) is 2. The number of nitrogens with zero attached hydrogens (tertiary/aromatic N) is 2. The molecular formula is C32H57N3O4S. The lowest BCUT2D eigenvalue weighted by atomic mass is 9.60. The maximum Gasteiger partial charge on any atom is 0.217 e. The van der Waals surface area contributed by atoms with Gasteiger partial charge in [-0.3, -0.25) is 9.69 Å². The van der Waals surface area contributed by atoms with Gasteiger partial charge in [0.1, 0.15) is 0 Å². The maximum absolute atomic E-state index is 14.1. The van der Waals surface area contributed by atoms with Gasteiger partial charge in [-0.15, -0.1) is 0 Å². The zero-order valence-corrected chi connectivity index (χ0v) is 26.5. The molecule has 3 saturated carbocycles. The van der Waals surface area contributed by atoms with Crippen LogP contribution in [0.2, 0.25) is 0 Å². The number of rotatable bonds is 6. The van der Waals surface area contributed by atoms with E-state index in [9.17, 15) is 18.3 Å². The molecule has 9 atom stereocenters. The van der Waals surface area contributed by atoms with Gasteiger partial charge in [-0.25, -0.2) is 12.7 Å². The summed E-state index contributed by atoms with van der Waals surface area (Å²) in [5.41, 5.74) is 0. The molecule has 0 radical (unpaired) electrons. The van der Waals surface area contributed by atoms with Gasteiger partial charge >= 0.3 is 0 Å². The molecule has 7 unspecified atom stereocenters. The van der Waals surface area contributed by atoms with Crippen LogP contribution in [0.3, 0.4) is 0 Å². The molecule has 40 heavy (non-hydrogen) atoms. The van der Waals surface area contributed by atoms with Crippen LogP contribution < -0.4 is 5.32 Å². The van der Waals surface area contributed by atoms with Gasteiger partial charge in [0.15, 0.2) is 0 Å². The number of fused-ring (bicyclic) bond motifs is 1. The highest BCUT2D eigenvalue weighted by atomic mass is 32.2. The van der Waals surface area contributed by atoms with Gasteiger partial charge < -0.3 is 10.4 Å². The van der Waals surface area contributed by atoms with Crippen LogP contribution in [0.15, 0.2) is 0 Å². The Hall–Kier alpha value is -0.700. The predicted octanol–water partition coefficient (Wildman–Crippen LogP) is 4.65.